The topological polar surface area (TPSA) is 32.3 Å². The number of aryl methyl sites for hydroxylation is 1. The van der Waals surface area contributed by atoms with Crippen molar-refractivity contribution >= 4 is 11.6 Å². The molecule has 1 N–H and O–H groups in total. The molecule has 0 heterocycles. The van der Waals surface area contributed by atoms with Crippen LogP contribution in [-0.2, 0) is 0 Å². The summed E-state index contributed by atoms with van der Waals surface area (Å²) in [6.07, 6.45) is 5.54. The predicted octanol–water partition coefficient (Wildman–Crippen LogP) is 3.54. The lowest BCUT2D eigenvalue weighted by molar-refractivity contribution is 0.0753. The Morgan fingerprint density at radius 2 is 2.14 bits per heavy atom. The Balaban J connectivity index is 1.67. The fraction of sp³-hybridized carbons (Fsp3) is 0.611. The van der Waals surface area contributed by atoms with E-state index in [4.69, 9.17) is 0 Å². The minimum absolute atomic E-state index is 0.165. The first-order valence-corrected chi connectivity index (χ1v) is 8.12. The Labute approximate surface area is 127 Å². The fourth-order valence-electron chi connectivity index (χ4n) is 4.30. The number of fused-ring (bicyclic) bond motifs is 2. The number of carbonyl (C=O) groups excluding carboxylic acids is 1. The number of carbonyl (C=O) groups is 1. The Morgan fingerprint density at radius 1 is 1.33 bits per heavy atom. The van der Waals surface area contributed by atoms with Gasteiger partial charge in [-0.2, -0.15) is 0 Å². The van der Waals surface area contributed by atoms with Crippen LogP contribution in [0.25, 0.3) is 0 Å². The maximum atomic E-state index is 12.7. The molecule has 3 heteroatoms. The summed E-state index contributed by atoms with van der Waals surface area (Å²) in [6, 6.07) is 5.96. The maximum Gasteiger partial charge on any atom is 0.253 e. The van der Waals surface area contributed by atoms with Gasteiger partial charge in [0.2, 0.25) is 0 Å². The van der Waals surface area contributed by atoms with Crippen molar-refractivity contribution in [2.75, 3.05) is 26.0 Å². The number of nitrogens with zero attached hydrogens (tertiary/aromatic N) is 1. The monoisotopic (exact) mass is 286 g/mol. The number of benzene rings is 1. The van der Waals surface area contributed by atoms with E-state index in [1.54, 1.807) is 0 Å². The van der Waals surface area contributed by atoms with Crippen molar-refractivity contribution in [2.45, 2.75) is 32.6 Å². The highest BCUT2D eigenvalue weighted by Crippen LogP contribution is 2.48. The van der Waals surface area contributed by atoms with Gasteiger partial charge < -0.3 is 10.2 Å². The van der Waals surface area contributed by atoms with Crippen LogP contribution in [0.15, 0.2) is 18.2 Å². The zero-order chi connectivity index (χ0) is 15.0. The summed E-state index contributed by atoms with van der Waals surface area (Å²) in [6.45, 7) is 2.94. The van der Waals surface area contributed by atoms with Crippen LogP contribution in [0.1, 0.15) is 41.6 Å². The molecule has 2 aliphatic carbocycles. The van der Waals surface area contributed by atoms with Gasteiger partial charge in [-0.3, -0.25) is 4.79 Å². The first-order valence-electron chi connectivity index (χ1n) is 8.12. The number of nitrogens with one attached hydrogen (secondary N) is 1. The number of hydrogen-bond acceptors (Lipinski definition) is 2. The summed E-state index contributed by atoms with van der Waals surface area (Å²) in [4.78, 5) is 14.6. The van der Waals surface area contributed by atoms with Crippen LogP contribution in [0.5, 0.6) is 0 Å². The lowest BCUT2D eigenvalue weighted by Gasteiger charge is -2.27. The average molecular weight is 286 g/mol. The standard InChI is InChI=1S/C18H26N2O/c1-12-8-16(19-2)6-7-17(12)18(21)20(3)11-15-10-13-4-5-14(15)9-13/h6-8,13-15,19H,4-5,9-11H2,1-3H3. The van der Waals surface area contributed by atoms with Gasteiger partial charge in [-0.25, -0.2) is 0 Å². The smallest absolute Gasteiger partial charge is 0.253 e. The summed E-state index contributed by atoms with van der Waals surface area (Å²) in [7, 11) is 3.86. The van der Waals surface area contributed by atoms with Crippen molar-refractivity contribution in [2.24, 2.45) is 17.8 Å². The second-order valence-corrected chi connectivity index (χ2v) is 6.90. The quantitative estimate of drug-likeness (QED) is 0.918. The first-order chi connectivity index (χ1) is 10.1. The van der Waals surface area contributed by atoms with Crippen LogP contribution in [0.4, 0.5) is 5.69 Å². The van der Waals surface area contributed by atoms with Crippen LogP contribution >= 0.6 is 0 Å². The molecular formula is C18H26N2O. The fourth-order valence-corrected chi connectivity index (χ4v) is 4.30. The van der Waals surface area contributed by atoms with Crippen LogP contribution in [0, 0.1) is 24.7 Å². The van der Waals surface area contributed by atoms with Crippen LogP contribution in [0.3, 0.4) is 0 Å². The van der Waals surface area contributed by atoms with E-state index in [2.05, 4.69) is 5.32 Å². The van der Waals surface area contributed by atoms with Crippen molar-refractivity contribution in [3.8, 4) is 0 Å². The van der Waals surface area contributed by atoms with E-state index in [0.717, 1.165) is 41.1 Å². The number of hydrogen-bond donors (Lipinski definition) is 1. The molecule has 1 aromatic rings. The SMILES string of the molecule is CNc1ccc(C(=O)N(C)CC2CC3CCC2C3)c(C)c1. The lowest BCUT2D eigenvalue weighted by atomic mass is 9.88. The van der Waals surface area contributed by atoms with E-state index in [0.29, 0.717) is 0 Å². The lowest BCUT2D eigenvalue weighted by Crippen LogP contribution is -2.34. The minimum atomic E-state index is 0.165. The number of rotatable bonds is 4. The maximum absolute atomic E-state index is 12.7. The first kappa shape index (κ1) is 14.4. The third kappa shape index (κ3) is 2.78. The predicted molar refractivity (Wildman–Crippen MR) is 86.6 cm³/mol. The normalized spacial score (nSPS) is 26.9. The molecule has 2 saturated carbocycles. The van der Waals surface area contributed by atoms with Crippen LogP contribution in [0.2, 0.25) is 0 Å². The van der Waals surface area contributed by atoms with Gasteiger partial charge in [-0.15, -0.1) is 0 Å². The van der Waals surface area contributed by atoms with Crippen molar-refractivity contribution in [1.29, 1.82) is 0 Å². The molecule has 2 aliphatic rings. The highest BCUT2D eigenvalue weighted by atomic mass is 16.2. The number of anilines is 1. The van der Waals surface area contributed by atoms with Crippen molar-refractivity contribution < 1.29 is 4.79 Å². The summed E-state index contributed by atoms with van der Waals surface area (Å²) in [5.74, 6) is 2.71. The van der Waals surface area contributed by atoms with Crippen LogP contribution in [-0.4, -0.2) is 31.4 Å². The summed E-state index contributed by atoms with van der Waals surface area (Å²) >= 11 is 0. The van der Waals surface area contributed by atoms with Gasteiger partial charge in [0.05, 0.1) is 0 Å². The molecule has 0 saturated heterocycles. The molecule has 3 rings (SSSR count). The zero-order valence-electron chi connectivity index (χ0n) is 13.4. The molecule has 2 bridgehead atoms. The Kier molecular flexibility index (Phi) is 3.92. The summed E-state index contributed by atoms with van der Waals surface area (Å²) < 4.78 is 0. The summed E-state index contributed by atoms with van der Waals surface area (Å²) in [5.41, 5.74) is 2.94. The molecule has 21 heavy (non-hydrogen) atoms. The molecule has 0 spiro atoms. The van der Waals surface area contributed by atoms with Gasteiger partial charge in [0, 0.05) is 31.9 Å². The van der Waals surface area contributed by atoms with Crippen LogP contribution < -0.4 is 5.32 Å². The van der Waals surface area contributed by atoms with E-state index < -0.39 is 0 Å². The zero-order valence-corrected chi connectivity index (χ0v) is 13.4. The van der Waals surface area contributed by atoms with Gasteiger partial charge >= 0.3 is 0 Å². The Bertz CT molecular complexity index is 540. The minimum Gasteiger partial charge on any atom is -0.388 e. The summed E-state index contributed by atoms with van der Waals surface area (Å²) in [5, 5.41) is 3.12. The molecule has 0 aliphatic heterocycles. The molecule has 0 radical (unpaired) electrons. The Morgan fingerprint density at radius 3 is 2.71 bits per heavy atom. The van der Waals surface area contributed by atoms with Gasteiger partial charge in [0.15, 0.2) is 0 Å². The average Bonchev–Trinajstić information content (AvgIpc) is 3.08. The molecule has 2 fully saturated rings. The molecule has 3 nitrogen and oxygen atoms in total. The third-order valence-corrected chi connectivity index (χ3v) is 5.49. The molecule has 3 atom stereocenters. The van der Waals surface area contributed by atoms with Gasteiger partial charge in [0.1, 0.15) is 0 Å². The van der Waals surface area contributed by atoms with E-state index in [1.807, 2.05) is 44.1 Å². The van der Waals surface area contributed by atoms with E-state index >= 15 is 0 Å². The van der Waals surface area contributed by atoms with E-state index in [-0.39, 0.29) is 5.91 Å². The second kappa shape index (κ2) is 5.70. The Hall–Kier alpha value is -1.51. The third-order valence-electron chi connectivity index (χ3n) is 5.49. The molecular weight excluding hydrogens is 260 g/mol. The van der Waals surface area contributed by atoms with Gasteiger partial charge in [-0.1, -0.05) is 6.42 Å². The van der Waals surface area contributed by atoms with E-state index in [9.17, 15) is 4.79 Å². The highest BCUT2D eigenvalue weighted by Gasteiger charge is 2.40. The van der Waals surface area contributed by atoms with Crippen molar-refractivity contribution in [3.63, 3.8) is 0 Å². The second-order valence-electron chi connectivity index (χ2n) is 6.90. The molecule has 3 unspecified atom stereocenters. The molecule has 1 aromatic carbocycles. The van der Waals surface area contributed by atoms with Crippen molar-refractivity contribution in [1.82, 2.24) is 4.90 Å². The van der Waals surface area contributed by atoms with Crippen molar-refractivity contribution in [3.05, 3.63) is 29.3 Å². The molecule has 114 valence electrons. The molecule has 0 aromatic heterocycles. The van der Waals surface area contributed by atoms with Gasteiger partial charge in [-0.05, 0) is 67.7 Å². The largest absolute Gasteiger partial charge is 0.388 e. The molecule has 1 amide bonds. The number of amides is 1. The highest BCUT2D eigenvalue weighted by molar-refractivity contribution is 5.95. The van der Waals surface area contributed by atoms with E-state index in [1.165, 1.54) is 25.7 Å². The van der Waals surface area contributed by atoms with Gasteiger partial charge in [0.25, 0.3) is 5.91 Å².